The summed E-state index contributed by atoms with van der Waals surface area (Å²) in [6.07, 6.45) is -3.54. The van der Waals surface area contributed by atoms with Crippen LogP contribution in [0.4, 0.5) is 23.4 Å². The molecule has 158 valence electrons. The second-order valence-electron chi connectivity index (χ2n) is 6.96. The number of nitrogens with zero attached hydrogens (tertiary/aromatic N) is 4. The number of carbonyl (C=O) groups excluding carboxylic acids is 1. The normalized spacial score (nSPS) is 19.4. The molecule has 8 nitrogen and oxygen atoms in total. The highest BCUT2D eigenvalue weighted by atomic mass is 19.4. The zero-order chi connectivity index (χ0) is 21.6. The topological polar surface area (TPSA) is 110 Å². The molecular weight excluding hydrogens is 406 g/mol. The number of anilines is 1. The minimum Gasteiger partial charge on any atom is -0.382 e. The van der Waals surface area contributed by atoms with E-state index >= 15 is 0 Å². The lowest BCUT2D eigenvalue weighted by molar-refractivity contribution is -0.136. The summed E-state index contributed by atoms with van der Waals surface area (Å²) in [5, 5.41) is 9.31. The number of pyridine rings is 1. The molecular formula is C18H17F4N7O. The summed E-state index contributed by atoms with van der Waals surface area (Å²) >= 11 is 0. The van der Waals surface area contributed by atoms with Crippen molar-refractivity contribution in [2.45, 2.75) is 25.3 Å². The first-order chi connectivity index (χ1) is 14.2. The quantitative estimate of drug-likeness (QED) is 0.554. The monoisotopic (exact) mass is 423 g/mol. The van der Waals surface area contributed by atoms with Gasteiger partial charge in [-0.25, -0.2) is 13.9 Å². The molecule has 2 unspecified atom stereocenters. The van der Waals surface area contributed by atoms with Crippen molar-refractivity contribution in [2.24, 2.45) is 0 Å². The number of nitrogens with one attached hydrogen (secondary N) is 2. The molecule has 0 bridgehead atoms. The largest absolute Gasteiger partial charge is 0.418 e. The first kappa shape index (κ1) is 20.0. The minimum atomic E-state index is -4.69. The van der Waals surface area contributed by atoms with Crippen LogP contribution in [0, 0.1) is 6.92 Å². The number of nitrogens with two attached hydrogens (primary N) is 1. The van der Waals surface area contributed by atoms with Crippen LogP contribution in [-0.4, -0.2) is 50.8 Å². The second kappa shape index (κ2) is 7.20. The third kappa shape index (κ3) is 3.43. The number of hydrogen-bond donors (Lipinski definition) is 3. The number of hydrogen-bond acceptors (Lipinski definition) is 6. The van der Waals surface area contributed by atoms with Crippen molar-refractivity contribution in [1.82, 2.24) is 30.2 Å². The Morgan fingerprint density at radius 3 is 2.73 bits per heavy atom. The number of fused-ring (bicyclic) bond motifs is 1. The number of aryl methyl sites for hydroxylation is 1. The summed E-state index contributed by atoms with van der Waals surface area (Å²) in [6, 6.07) is 1.58. The summed E-state index contributed by atoms with van der Waals surface area (Å²) in [4.78, 5) is 20.4. The third-order valence-electron chi connectivity index (χ3n) is 4.97. The van der Waals surface area contributed by atoms with Crippen LogP contribution < -0.4 is 16.4 Å². The Hall–Kier alpha value is -3.28. The van der Waals surface area contributed by atoms with Crippen molar-refractivity contribution < 1.29 is 22.4 Å². The van der Waals surface area contributed by atoms with E-state index in [0.29, 0.717) is 5.69 Å². The lowest BCUT2D eigenvalue weighted by Crippen LogP contribution is -2.41. The maximum Gasteiger partial charge on any atom is 0.418 e. The summed E-state index contributed by atoms with van der Waals surface area (Å²) in [6.45, 7) is 2.00. The van der Waals surface area contributed by atoms with E-state index in [1.54, 1.807) is 6.92 Å². The first-order valence-electron chi connectivity index (χ1n) is 8.99. The lowest BCUT2D eigenvalue weighted by atomic mass is 10.1. The molecule has 1 fully saturated rings. The molecule has 0 spiro atoms. The summed E-state index contributed by atoms with van der Waals surface area (Å²) in [5.41, 5.74) is 5.00. The molecule has 12 heteroatoms. The average Bonchev–Trinajstić information content (AvgIpc) is 3.27. The Labute approximate surface area is 167 Å². The maximum atomic E-state index is 13.8. The van der Waals surface area contributed by atoms with Gasteiger partial charge in [-0.3, -0.25) is 9.78 Å². The standard InChI is InChI=1S/C18H17F4N7O/c1-8-10(17(30)28-13-6-24-5-12(13)19)2-9(4-25-8)14-3-11(18(20,21)22)15-16(23)26-7-27-29(14)15/h2-4,7,12-13,24H,5-6H2,1H3,(H,28,30)(H2,23,26,27). The van der Waals surface area contributed by atoms with E-state index in [9.17, 15) is 22.4 Å². The number of rotatable bonds is 3. The van der Waals surface area contributed by atoms with Gasteiger partial charge in [-0.1, -0.05) is 0 Å². The Morgan fingerprint density at radius 1 is 1.30 bits per heavy atom. The zero-order valence-electron chi connectivity index (χ0n) is 15.7. The molecule has 1 saturated heterocycles. The molecule has 1 aliphatic heterocycles. The zero-order valence-corrected chi connectivity index (χ0v) is 15.7. The van der Waals surface area contributed by atoms with Crippen LogP contribution in [0.2, 0.25) is 0 Å². The molecule has 30 heavy (non-hydrogen) atoms. The molecule has 3 aromatic rings. The van der Waals surface area contributed by atoms with Gasteiger partial charge in [0.15, 0.2) is 5.82 Å². The predicted molar refractivity (Wildman–Crippen MR) is 99.4 cm³/mol. The molecule has 0 aliphatic carbocycles. The second-order valence-corrected chi connectivity index (χ2v) is 6.96. The number of amides is 1. The van der Waals surface area contributed by atoms with Crippen molar-refractivity contribution >= 4 is 17.2 Å². The molecule has 3 aromatic heterocycles. The minimum absolute atomic E-state index is 0.0406. The molecule has 0 aromatic carbocycles. The van der Waals surface area contributed by atoms with E-state index in [4.69, 9.17) is 5.73 Å². The van der Waals surface area contributed by atoms with E-state index < -0.39 is 29.9 Å². The Morgan fingerprint density at radius 2 is 2.07 bits per heavy atom. The van der Waals surface area contributed by atoms with Crippen molar-refractivity contribution in [3.05, 3.63) is 41.5 Å². The summed E-state index contributed by atoms with van der Waals surface area (Å²) < 4.78 is 55.4. The number of halogens is 4. The van der Waals surface area contributed by atoms with Crippen LogP contribution >= 0.6 is 0 Å². The average molecular weight is 423 g/mol. The first-order valence-corrected chi connectivity index (χ1v) is 8.99. The van der Waals surface area contributed by atoms with Crippen molar-refractivity contribution in [3.8, 4) is 11.3 Å². The van der Waals surface area contributed by atoms with Gasteiger partial charge < -0.3 is 16.4 Å². The Bertz CT molecular complexity index is 1130. The van der Waals surface area contributed by atoms with Gasteiger partial charge in [0.1, 0.15) is 18.0 Å². The van der Waals surface area contributed by atoms with E-state index in [2.05, 4.69) is 25.7 Å². The number of aromatic nitrogens is 4. The van der Waals surface area contributed by atoms with Crippen LogP contribution in [0.25, 0.3) is 16.8 Å². The number of alkyl halides is 4. The summed E-state index contributed by atoms with van der Waals surface area (Å²) in [5.74, 6) is -0.895. The van der Waals surface area contributed by atoms with Crippen LogP contribution in [0.1, 0.15) is 21.6 Å². The molecule has 0 saturated carbocycles. The van der Waals surface area contributed by atoms with Gasteiger partial charge in [0.25, 0.3) is 5.91 Å². The Balaban J connectivity index is 1.79. The number of carbonyl (C=O) groups is 1. The van der Waals surface area contributed by atoms with Crippen molar-refractivity contribution in [2.75, 3.05) is 18.8 Å². The maximum absolute atomic E-state index is 13.8. The molecule has 2 atom stereocenters. The van der Waals surface area contributed by atoms with E-state index in [-0.39, 0.29) is 41.2 Å². The van der Waals surface area contributed by atoms with Gasteiger partial charge >= 0.3 is 6.18 Å². The fraction of sp³-hybridized carbons (Fsp3) is 0.333. The van der Waals surface area contributed by atoms with E-state index in [1.807, 2.05) is 0 Å². The molecule has 4 N–H and O–H groups in total. The SMILES string of the molecule is Cc1ncc(-c2cc(C(F)(F)F)c3c(N)ncnn23)cc1C(=O)NC1CNCC1F. The van der Waals surface area contributed by atoms with Gasteiger partial charge in [0.2, 0.25) is 0 Å². The molecule has 0 radical (unpaired) electrons. The van der Waals surface area contributed by atoms with E-state index in [1.165, 1.54) is 12.3 Å². The van der Waals surface area contributed by atoms with E-state index in [0.717, 1.165) is 16.9 Å². The highest BCUT2D eigenvalue weighted by molar-refractivity contribution is 5.96. The van der Waals surface area contributed by atoms with Crippen LogP contribution in [0.5, 0.6) is 0 Å². The van der Waals surface area contributed by atoms with Gasteiger partial charge in [0.05, 0.1) is 28.6 Å². The fourth-order valence-electron chi connectivity index (χ4n) is 3.43. The smallest absolute Gasteiger partial charge is 0.382 e. The van der Waals surface area contributed by atoms with Crippen LogP contribution in [0.3, 0.4) is 0 Å². The third-order valence-corrected chi connectivity index (χ3v) is 4.97. The lowest BCUT2D eigenvalue weighted by Gasteiger charge is -2.15. The van der Waals surface area contributed by atoms with Gasteiger partial charge in [-0.05, 0) is 19.1 Å². The Kier molecular flexibility index (Phi) is 4.80. The molecule has 1 aliphatic rings. The highest BCUT2D eigenvalue weighted by Crippen LogP contribution is 2.38. The van der Waals surface area contributed by atoms with Crippen molar-refractivity contribution in [3.63, 3.8) is 0 Å². The van der Waals surface area contributed by atoms with Crippen molar-refractivity contribution in [1.29, 1.82) is 0 Å². The van der Waals surface area contributed by atoms with Gasteiger partial charge in [-0.2, -0.15) is 18.3 Å². The van der Waals surface area contributed by atoms with Gasteiger partial charge in [-0.15, -0.1) is 0 Å². The molecule has 1 amide bonds. The van der Waals surface area contributed by atoms with Gasteiger partial charge in [0, 0.05) is 24.8 Å². The fourth-order valence-corrected chi connectivity index (χ4v) is 3.43. The molecule has 4 rings (SSSR count). The molecule has 4 heterocycles. The van der Waals surface area contributed by atoms with Crippen LogP contribution in [0.15, 0.2) is 24.7 Å². The van der Waals surface area contributed by atoms with Crippen LogP contribution in [-0.2, 0) is 6.18 Å². The predicted octanol–water partition coefficient (Wildman–Crippen LogP) is 1.74. The number of nitrogen functional groups attached to an aromatic ring is 1. The highest BCUT2D eigenvalue weighted by Gasteiger charge is 2.36. The summed E-state index contributed by atoms with van der Waals surface area (Å²) in [7, 11) is 0.